The van der Waals surface area contributed by atoms with Crippen molar-refractivity contribution >= 4 is 5.91 Å². The number of rotatable bonds is 1. The molecule has 5 atom stereocenters. The van der Waals surface area contributed by atoms with Crippen molar-refractivity contribution in [1.29, 1.82) is 5.26 Å². The van der Waals surface area contributed by atoms with Crippen LogP contribution in [0.4, 0.5) is 0 Å². The van der Waals surface area contributed by atoms with Gasteiger partial charge in [0.1, 0.15) is 24.3 Å². The number of hydrogen-bond acceptors (Lipinski definition) is 6. The van der Waals surface area contributed by atoms with E-state index in [4.69, 9.17) is 14.7 Å². The average Bonchev–Trinajstić information content (AvgIpc) is 2.65. The maximum absolute atomic E-state index is 10.9. The summed E-state index contributed by atoms with van der Waals surface area (Å²) in [5.41, 5.74) is -1.53. The highest BCUT2D eigenvalue weighted by atomic mass is 16.7. The SMILES string of the molecule is CC(=O)NC1C2OCC(C#N)(O2)C(O)C1O. The van der Waals surface area contributed by atoms with E-state index < -0.39 is 30.1 Å². The normalized spacial score (nSPS) is 46.1. The first-order chi connectivity index (χ1) is 7.50. The summed E-state index contributed by atoms with van der Waals surface area (Å²) in [7, 11) is 0. The van der Waals surface area contributed by atoms with E-state index in [0.717, 1.165) is 0 Å². The summed E-state index contributed by atoms with van der Waals surface area (Å²) in [5, 5.41) is 30.9. The van der Waals surface area contributed by atoms with E-state index >= 15 is 0 Å². The molecule has 7 heteroatoms. The predicted molar refractivity (Wildman–Crippen MR) is 48.8 cm³/mol. The van der Waals surface area contributed by atoms with E-state index in [1.165, 1.54) is 6.92 Å². The largest absolute Gasteiger partial charge is 0.388 e. The van der Waals surface area contributed by atoms with E-state index in [2.05, 4.69) is 5.32 Å². The van der Waals surface area contributed by atoms with Gasteiger partial charge in [-0.15, -0.1) is 0 Å². The van der Waals surface area contributed by atoms with Crippen molar-refractivity contribution in [3.8, 4) is 6.07 Å². The Morgan fingerprint density at radius 1 is 1.62 bits per heavy atom. The second-order valence-electron chi connectivity index (χ2n) is 3.96. The molecule has 2 bridgehead atoms. The van der Waals surface area contributed by atoms with Crippen molar-refractivity contribution in [3.05, 3.63) is 0 Å². The third-order valence-electron chi connectivity index (χ3n) is 2.81. The van der Waals surface area contributed by atoms with Gasteiger partial charge in [-0.05, 0) is 0 Å². The van der Waals surface area contributed by atoms with Crippen molar-refractivity contribution in [1.82, 2.24) is 5.32 Å². The summed E-state index contributed by atoms with van der Waals surface area (Å²) in [4.78, 5) is 10.9. The summed E-state index contributed by atoms with van der Waals surface area (Å²) < 4.78 is 10.4. The van der Waals surface area contributed by atoms with Crippen molar-refractivity contribution in [2.75, 3.05) is 6.61 Å². The number of carbonyl (C=O) groups excluding carboxylic acids is 1. The first-order valence-corrected chi connectivity index (χ1v) is 4.84. The highest BCUT2D eigenvalue weighted by molar-refractivity contribution is 5.73. The molecule has 2 heterocycles. The Kier molecular flexibility index (Phi) is 2.59. The lowest BCUT2D eigenvalue weighted by atomic mass is 9.89. The minimum Gasteiger partial charge on any atom is -0.388 e. The van der Waals surface area contributed by atoms with Gasteiger partial charge in [-0.3, -0.25) is 4.79 Å². The maximum Gasteiger partial charge on any atom is 0.217 e. The molecule has 2 saturated heterocycles. The van der Waals surface area contributed by atoms with Gasteiger partial charge < -0.3 is 25.0 Å². The summed E-state index contributed by atoms with van der Waals surface area (Å²) in [6, 6.07) is 0.929. The lowest BCUT2D eigenvalue weighted by Gasteiger charge is -2.39. The Bertz CT molecular complexity index is 354. The van der Waals surface area contributed by atoms with Crippen molar-refractivity contribution in [2.24, 2.45) is 0 Å². The highest BCUT2D eigenvalue weighted by Crippen LogP contribution is 2.36. The van der Waals surface area contributed by atoms with Crippen molar-refractivity contribution in [3.63, 3.8) is 0 Å². The Morgan fingerprint density at radius 3 is 2.88 bits per heavy atom. The minimum absolute atomic E-state index is 0.123. The number of nitrogens with one attached hydrogen (secondary N) is 1. The fourth-order valence-corrected chi connectivity index (χ4v) is 1.96. The molecule has 2 aliphatic rings. The molecular weight excluding hydrogens is 216 g/mol. The summed E-state index contributed by atoms with van der Waals surface area (Å²) in [6.45, 7) is 1.16. The van der Waals surface area contributed by atoms with Gasteiger partial charge in [0, 0.05) is 6.92 Å². The van der Waals surface area contributed by atoms with E-state index in [-0.39, 0.29) is 12.5 Å². The van der Waals surface area contributed by atoms with Gasteiger partial charge in [0.2, 0.25) is 11.5 Å². The second kappa shape index (κ2) is 3.68. The number of amides is 1. The Balaban J connectivity index is 2.23. The molecule has 0 saturated carbocycles. The molecule has 0 radical (unpaired) electrons. The van der Waals surface area contributed by atoms with Gasteiger partial charge in [-0.1, -0.05) is 0 Å². The third-order valence-corrected chi connectivity index (χ3v) is 2.81. The van der Waals surface area contributed by atoms with E-state index in [1.54, 1.807) is 6.07 Å². The Morgan fingerprint density at radius 2 is 2.31 bits per heavy atom. The number of ether oxygens (including phenoxy) is 2. The lowest BCUT2D eigenvalue weighted by molar-refractivity contribution is -0.207. The summed E-state index contributed by atoms with van der Waals surface area (Å²) in [6.07, 6.45) is -3.60. The highest BCUT2D eigenvalue weighted by Gasteiger charge is 2.60. The van der Waals surface area contributed by atoms with Crippen LogP contribution in [-0.4, -0.2) is 52.9 Å². The first kappa shape index (κ1) is 11.3. The van der Waals surface area contributed by atoms with Gasteiger partial charge in [0.25, 0.3) is 0 Å². The van der Waals surface area contributed by atoms with Crippen LogP contribution in [0.15, 0.2) is 0 Å². The molecule has 2 rings (SSSR count). The molecule has 88 valence electrons. The monoisotopic (exact) mass is 228 g/mol. The molecule has 0 aromatic rings. The van der Waals surface area contributed by atoms with Gasteiger partial charge in [0.05, 0.1) is 6.61 Å². The summed E-state index contributed by atoms with van der Waals surface area (Å²) >= 11 is 0. The first-order valence-electron chi connectivity index (χ1n) is 4.84. The average molecular weight is 228 g/mol. The zero-order valence-electron chi connectivity index (χ0n) is 8.58. The van der Waals surface area contributed by atoms with Crippen LogP contribution in [0.2, 0.25) is 0 Å². The van der Waals surface area contributed by atoms with Crippen LogP contribution in [0.25, 0.3) is 0 Å². The molecule has 0 spiro atoms. The molecule has 5 unspecified atom stereocenters. The van der Waals surface area contributed by atoms with Crippen molar-refractivity contribution in [2.45, 2.75) is 37.1 Å². The fraction of sp³-hybridized carbons (Fsp3) is 0.778. The topological polar surface area (TPSA) is 112 Å². The molecule has 0 aromatic carbocycles. The van der Waals surface area contributed by atoms with Gasteiger partial charge in [-0.25, -0.2) is 0 Å². The molecule has 2 fully saturated rings. The zero-order chi connectivity index (χ0) is 11.9. The van der Waals surface area contributed by atoms with Crippen molar-refractivity contribution < 1.29 is 24.5 Å². The van der Waals surface area contributed by atoms with Crippen LogP contribution >= 0.6 is 0 Å². The molecule has 16 heavy (non-hydrogen) atoms. The number of nitrogens with zero attached hydrogens (tertiary/aromatic N) is 1. The quantitative estimate of drug-likeness (QED) is 0.472. The van der Waals surface area contributed by atoms with Crippen LogP contribution in [0, 0.1) is 11.3 Å². The molecule has 1 amide bonds. The smallest absolute Gasteiger partial charge is 0.217 e. The number of aliphatic hydroxyl groups excluding tert-OH is 2. The standard InChI is InChI=1S/C9H12N2O5/c1-4(12)11-5-6(13)7(14)9(2-10)3-15-8(5)16-9/h5-8,13-14H,3H2,1H3,(H,11,12). The predicted octanol–water partition coefficient (Wildman–Crippen LogP) is -2.14. The van der Waals surface area contributed by atoms with Gasteiger partial charge in [0.15, 0.2) is 6.29 Å². The zero-order valence-corrected chi connectivity index (χ0v) is 8.58. The summed E-state index contributed by atoms with van der Waals surface area (Å²) in [5.74, 6) is -0.375. The van der Waals surface area contributed by atoms with Crippen LogP contribution in [0.3, 0.4) is 0 Å². The van der Waals surface area contributed by atoms with Crippen LogP contribution in [-0.2, 0) is 14.3 Å². The number of aliphatic hydroxyl groups is 2. The molecular formula is C9H12N2O5. The lowest BCUT2D eigenvalue weighted by Crippen LogP contribution is -2.64. The van der Waals surface area contributed by atoms with E-state index in [1.807, 2.05) is 0 Å². The minimum atomic E-state index is -1.53. The van der Waals surface area contributed by atoms with E-state index in [0.29, 0.717) is 0 Å². The maximum atomic E-state index is 10.9. The van der Waals surface area contributed by atoms with Crippen LogP contribution in [0.5, 0.6) is 0 Å². The molecule has 3 N–H and O–H groups in total. The Hall–Kier alpha value is -1.20. The van der Waals surface area contributed by atoms with Crippen LogP contribution < -0.4 is 5.32 Å². The van der Waals surface area contributed by atoms with Gasteiger partial charge in [-0.2, -0.15) is 5.26 Å². The molecule has 7 nitrogen and oxygen atoms in total. The number of hydrogen-bond donors (Lipinski definition) is 3. The van der Waals surface area contributed by atoms with E-state index in [9.17, 15) is 15.0 Å². The van der Waals surface area contributed by atoms with Gasteiger partial charge >= 0.3 is 0 Å². The fourth-order valence-electron chi connectivity index (χ4n) is 1.96. The second-order valence-corrected chi connectivity index (χ2v) is 3.96. The van der Waals surface area contributed by atoms with Crippen LogP contribution in [0.1, 0.15) is 6.92 Å². The Labute approximate surface area is 91.6 Å². The molecule has 0 aromatic heterocycles. The number of carbonyl (C=O) groups is 1. The molecule has 0 aliphatic carbocycles. The molecule has 2 aliphatic heterocycles. The number of fused-ring (bicyclic) bond motifs is 2. The number of nitriles is 1. The third kappa shape index (κ3) is 1.47.